The Hall–Kier alpha value is -1.95. The molecule has 0 bridgehead atoms. The number of hydrogen-bond acceptors (Lipinski definition) is 12. The first-order chi connectivity index (χ1) is 15.6. The van der Waals surface area contributed by atoms with E-state index in [0.29, 0.717) is 5.57 Å². The zero-order valence-electron chi connectivity index (χ0n) is 17.4. The van der Waals surface area contributed by atoms with Crippen LogP contribution >= 0.6 is 46.9 Å². The molecule has 1 aromatic rings. The predicted molar refractivity (Wildman–Crippen MR) is 121 cm³/mol. The number of aromatic nitrogens is 1. The van der Waals surface area contributed by atoms with E-state index in [9.17, 15) is 29.5 Å². The number of nitrogens with one attached hydrogen (secondary N) is 2. The van der Waals surface area contributed by atoms with Crippen molar-refractivity contribution < 1.29 is 59.0 Å². The minimum Gasteiger partial charge on any atom is -0.863 e. The molecular weight excluding hydrogens is 541 g/mol. The van der Waals surface area contributed by atoms with E-state index in [1.54, 1.807) is 0 Å². The summed E-state index contributed by atoms with van der Waals surface area (Å²) in [4.78, 5) is 52.5. The molecule has 0 aliphatic carbocycles. The second-order valence-corrected chi connectivity index (χ2v) is 9.70. The number of hydrogen-bond donors (Lipinski definition) is 5. The summed E-state index contributed by atoms with van der Waals surface area (Å²) >= 11 is 12.8. The first kappa shape index (κ1) is 28.3. The van der Waals surface area contributed by atoms with Gasteiger partial charge in [0.15, 0.2) is 10.8 Å². The quantitative estimate of drug-likeness (QED) is 0.0410. The van der Waals surface area contributed by atoms with Gasteiger partial charge in [0.2, 0.25) is 0 Å². The van der Waals surface area contributed by atoms with Gasteiger partial charge in [0.25, 0.3) is 11.8 Å². The van der Waals surface area contributed by atoms with Crippen molar-refractivity contribution in [3.8, 4) is 0 Å². The Labute approximate surface area is 232 Å². The molecule has 0 aromatic carbocycles. The second kappa shape index (κ2) is 11.7. The summed E-state index contributed by atoms with van der Waals surface area (Å²) in [7, 11) is 0. The van der Waals surface area contributed by atoms with Gasteiger partial charge in [0.05, 0.1) is 0 Å². The standard InChI is InChI=1S/C16H16ClN7O6S3.Na/c17-9-5(22-16(19)33-9)6(23-30)11(26)21-7-13(28)24-8(15(29)31)4(3-32-14(7)24)1-2-20-12(27)10(18)25;/h7,14,30H,1-3H2,(H2,18,25)(H2,19,22)(H,20,27)(H,21,26)(H,29,31);/q;+1/p-1/b23-6-;/t7?,14-;/m1./s1. The number of anilines is 1. The van der Waals surface area contributed by atoms with E-state index < -0.39 is 45.8 Å². The topological polar surface area (TPSA) is 216 Å². The molecule has 18 heteroatoms. The van der Waals surface area contributed by atoms with Crippen molar-refractivity contribution in [2.45, 2.75) is 17.8 Å². The molecule has 176 valence electrons. The maximum absolute atomic E-state index is 12.8. The van der Waals surface area contributed by atoms with Crippen molar-refractivity contribution in [1.29, 1.82) is 0 Å². The van der Waals surface area contributed by atoms with Crippen LogP contribution in [0.25, 0.3) is 0 Å². The van der Waals surface area contributed by atoms with Gasteiger partial charge >= 0.3 is 41.4 Å². The van der Waals surface area contributed by atoms with Crippen LogP contribution in [0.2, 0.25) is 4.34 Å². The smallest absolute Gasteiger partial charge is 0.863 e. The molecule has 0 spiro atoms. The van der Waals surface area contributed by atoms with Gasteiger partial charge in [-0.05, 0) is 17.0 Å². The number of halogens is 1. The Bertz CT molecular complexity index is 1130. The van der Waals surface area contributed by atoms with Gasteiger partial charge in [0.1, 0.15) is 21.4 Å². The number of thiocarbonyl (C=S) groups is 1. The number of amides is 4. The molecule has 3 rings (SSSR count). The number of nitrogens with zero attached hydrogens (tertiary/aromatic N) is 3. The number of fused-ring (bicyclic) bond motifs is 1. The summed E-state index contributed by atoms with van der Waals surface area (Å²) in [6.07, 6.45) is 0.155. The molecule has 7 N–H and O–H groups in total. The van der Waals surface area contributed by atoms with Gasteiger partial charge in [-0.2, -0.15) is 0 Å². The third-order valence-corrected chi connectivity index (χ3v) is 7.22. The molecule has 3 heterocycles. The zero-order chi connectivity index (χ0) is 24.4. The predicted octanol–water partition coefficient (Wildman–Crippen LogP) is -5.11. The second-order valence-electron chi connectivity index (χ2n) is 6.59. The summed E-state index contributed by atoms with van der Waals surface area (Å²) in [5.74, 6) is -3.37. The Morgan fingerprint density at radius 2 is 2.06 bits per heavy atom. The van der Waals surface area contributed by atoms with Crippen LogP contribution in [-0.2, 0) is 19.2 Å². The number of thioether (sulfide) groups is 1. The van der Waals surface area contributed by atoms with Crippen LogP contribution in [0.15, 0.2) is 16.4 Å². The maximum Gasteiger partial charge on any atom is 1.00 e. The maximum atomic E-state index is 12.8. The molecule has 2 aliphatic rings. The number of thiazole rings is 1. The van der Waals surface area contributed by atoms with Crippen molar-refractivity contribution in [1.82, 2.24) is 20.5 Å². The first-order valence-electron chi connectivity index (χ1n) is 8.97. The van der Waals surface area contributed by atoms with Gasteiger partial charge in [-0.3, -0.25) is 24.1 Å². The van der Waals surface area contributed by atoms with E-state index in [4.69, 9.17) is 35.3 Å². The molecule has 34 heavy (non-hydrogen) atoms. The third kappa shape index (κ3) is 5.64. The largest absolute Gasteiger partial charge is 1.00 e. The van der Waals surface area contributed by atoms with Crippen LogP contribution in [0.1, 0.15) is 12.1 Å². The fraction of sp³-hybridized carbons (Fsp3) is 0.312. The van der Waals surface area contributed by atoms with E-state index in [0.717, 1.165) is 11.3 Å². The monoisotopic (exact) mass is 555 g/mol. The Kier molecular flexibility index (Phi) is 9.70. The van der Waals surface area contributed by atoms with Crippen LogP contribution < -0.4 is 56.8 Å². The summed E-state index contributed by atoms with van der Waals surface area (Å²) in [6, 6.07) is -1.03. The number of β-lactam (4-membered cyclic amide) rings is 1. The summed E-state index contributed by atoms with van der Waals surface area (Å²) in [6.45, 7) is 0.00446. The van der Waals surface area contributed by atoms with Crippen LogP contribution in [0.4, 0.5) is 5.13 Å². The minimum absolute atomic E-state index is 0. The average molecular weight is 556 g/mol. The van der Waals surface area contributed by atoms with Crippen LogP contribution in [-0.4, -0.2) is 73.2 Å². The molecule has 2 atom stereocenters. The fourth-order valence-corrected chi connectivity index (χ4v) is 5.71. The van der Waals surface area contributed by atoms with Crippen molar-refractivity contribution in [2.24, 2.45) is 10.9 Å². The van der Waals surface area contributed by atoms with Crippen molar-refractivity contribution in [3.63, 3.8) is 0 Å². The van der Waals surface area contributed by atoms with Crippen LogP contribution in [0.3, 0.4) is 0 Å². The van der Waals surface area contributed by atoms with Gasteiger partial charge in [-0.25, -0.2) is 4.98 Å². The summed E-state index contributed by atoms with van der Waals surface area (Å²) < 4.78 is 0.0269. The van der Waals surface area contributed by atoms with Crippen molar-refractivity contribution >= 4 is 86.4 Å². The van der Waals surface area contributed by atoms with Gasteiger partial charge in [-0.1, -0.05) is 40.3 Å². The normalized spacial score (nSPS) is 19.5. The van der Waals surface area contributed by atoms with Crippen molar-refractivity contribution in [3.05, 3.63) is 21.3 Å². The van der Waals surface area contributed by atoms with E-state index in [2.05, 4.69) is 20.8 Å². The van der Waals surface area contributed by atoms with Gasteiger partial charge in [-0.15, -0.1) is 11.8 Å². The SMILES string of the molecule is NC(=O)C(=O)NCCC1=C(C([O-])=S)N2C(=O)C(NC(=O)/C(=N\O)c3nc(N)sc3Cl)[C@H]2SC1.[Na+]. The minimum atomic E-state index is -1.15. The molecule has 1 unspecified atom stereocenters. The zero-order valence-corrected chi connectivity index (χ0v) is 22.6. The Morgan fingerprint density at radius 3 is 2.59 bits per heavy atom. The molecule has 2 aliphatic heterocycles. The molecule has 0 radical (unpaired) electrons. The number of nitrogens with two attached hydrogens (primary N) is 2. The number of oxime groups is 1. The molecule has 1 saturated heterocycles. The van der Waals surface area contributed by atoms with E-state index in [1.165, 1.54) is 16.7 Å². The van der Waals surface area contributed by atoms with Gasteiger partial charge < -0.3 is 32.4 Å². The van der Waals surface area contributed by atoms with Crippen molar-refractivity contribution in [2.75, 3.05) is 18.0 Å². The fourth-order valence-electron chi connectivity index (χ4n) is 3.15. The average Bonchev–Trinajstić information content (AvgIpc) is 3.09. The molecule has 4 amide bonds. The first-order valence-corrected chi connectivity index (χ1v) is 11.6. The number of carbonyl (C=O) groups is 4. The summed E-state index contributed by atoms with van der Waals surface area (Å²) in [5.41, 5.74) is 10.2. The number of carbonyl (C=O) groups excluding carboxylic acids is 4. The third-order valence-electron chi connectivity index (χ3n) is 4.61. The molecule has 1 fully saturated rings. The van der Waals surface area contributed by atoms with E-state index >= 15 is 0 Å². The summed E-state index contributed by atoms with van der Waals surface area (Å²) in [5, 5.41) is 27.6. The molecular formula is C16H15ClN7NaO6S3. The molecule has 13 nitrogen and oxygen atoms in total. The number of primary amides is 1. The molecule has 0 saturated carbocycles. The van der Waals surface area contributed by atoms with Crippen LogP contribution in [0, 0.1) is 0 Å². The van der Waals surface area contributed by atoms with E-state index in [-0.39, 0.29) is 69.1 Å². The Morgan fingerprint density at radius 1 is 1.38 bits per heavy atom. The Balaban J connectivity index is 0.00000408. The number of nitrogen functional groups attached to an aromatic ring is 1. The molecule has 1 aromatic heterocycles. The number of rotatable bonds is 7. The van der Waals surface area contributed by atoms with E-state index in [1.807, 2.05) is 0 Å². The van der Waals surface area contributed by atoms with Crippen LogP contribution in [0.5, 0.6) is 0 Å². The van der Waals surface area contributed by atoms with Gasteiger partial charge in [0, 0.05) is 18.0 Å².